The van der Waals surface area contributed by atoms with E-state index >= 15 is 0 Å². The summed E-state index contributed by atoms with van der Waals surface area (Å²) in [6.45, 7) is 3.98. The Morgan fingerprint density at radius 2 is 2.05 bits per heavy atom. The van der Waals surface area contributed by atoms with Crippen molar-refractivity contribution in [3.8, 4) is 5.75 Å². The number of urea groups is 1. The summed E-state index contributed by atoms with van der Waals surface area (Å²) in [5, 5.41) is 21.1. The fourth-order valence-corrected chi connectivity index (χ4v) is 1.79. The summed E-state index contributed by atoms with van der Waals surface area (Å²) in [7, 11) is 1.68. The third-order valence-electron chi connectivity index (χ3n) is 3.17. The van der Waals surface area contributed by atoms with Crippen LogP contribution in [0.25, 0.3) is 0 Å². The van der Waals surface area contributed by atoms with E-state index in [1.54, 1.807) is 11.9 Å². The van der Waals surface area contributed by atoms with Gasteiger partial charge in [-0.2, -0.15) is 0 Å². The molecule has 0 fully saturated rings. The summed E-state index contributed by atoms with van der Waals surface area (Å²) in [4.78, 5) is 24.3. The van der Waals surface area contributed by atoms with Crippen LogP contribution < -0.4 is 5.32 Å². The largest absolute Gasteiger partial charge is 0.506 e. The molecule has 2 amide bonds. The second-order valence-corrected chi connectivity index (χ2v) is 4.72. The number of hydrogen-bond acceptors (Lipinski definition) is 3. The van der Waals surface area contributed by atoms with Crippen LogP contribution in [0.1, 0.15) is 37.0 Å². The Balaban J connectivity index is 2.78. The Morgan fingerprint density at radius 3 is 2.55 bits per heavy atom. The van der Waals surface area contributed by atoms with E-state index in [0.717, 1.165) is 18.9 Å². The lowest BCUT2D eigenvalue weighted by Gasteiger charge is -2.25. The number of anilines is 1. The predicted molar refractivity (Wildman–Crippen MR) is 76.2 cm³/mol. The molecule has 1 atom stereocenters. The molecule has 0 aromatic heterocycles. The Labute approximate surface area is 118 Å². The zero-order valence-electron chi connectivity index (χ0n) is 11.9. The van der Waals surface area contributed by atoms with Gasteiger partial charge in [-0.15, -0.1) is 0 Å². The van der Waals surface area contributed by atoms with Crippen LogP contribution in [0, 0.1) is 0 Å². The van der Waals surface area contributed by atoms with Gasteiger partial charge in [0.25, 0.3) is 0 Å². The maximum atomic E-state index is 12.0. The molecule has 0 saturated heterocycles. The van der Waals surface area contributed by atoms with Crippen molar-refractivity contribution in [2.45, 2.75) is 32.7 Å². The van der Waals surface area contributed by atoms with Gasteiger partial charge < -0.3 is 20.4 Å². The SMILES string of the molecule is CCCC(C)N(C)C(=O)Nc1ccc(C(=O)O)cc1O. The number of aromatic hydroxyl groups is 1. The van der Waals surface area contributed by atoms with Crippen LogP contribution in [0.2, 0.25) is 0 Å². The molecule has 1 aromatic carbocycles. The third kappa shape index (κ3) is 3.88. The highest BCUT2D eigenvalue weighted by Crippen LogP contribution is 2.24. The molecule has 0 spiro atoms. The topological polar surface area (TPSA) is 89.9 Å². The van der Waals surface area contributed by atoms with Gasteiger partial charge in [-0.05, 0) is 31.5 Å². The van der Waals surface area contributed by atoms with Crippen LogP contribution in [-0.4, -0.2) is 40.2 Å². The number of nitrogens with zero attached hydrogens (tertiary/aromatic N) is 1. The van der Waals surface area contributed by atoms with Gasteiger partial charge in [0.1, 0.15) is 5.75 Å². The van der Waals surface area contributed by atoms with E-state index < -0.39 is 5.97 Å². The van der Waals surface area contributed by atoms with Crippen molar-refractivity contribution < 1.29 is 19.8 Å². The summed E-state index contributed by atoms with van der Waals surface area (Å²) in [6, 6.07) is 3.54. The van der Waals surface area contributed by atoms with Gasteiger partial charge in [-0.3, -0.25) is 0 Å². The van der Waals surface area contributed by atoms with Crippen molar-refractivity contribution in [1.82, 2.24) is 4.90 Å². The first-order valence-electron chi connectivity index (χ1n) is 6.47. The quantitative estimate of drug-likeness (QED) is 0.723. The van der Waals surface area contributed by atoms with E-state index in [2.05, 4.69) is 5.32 Å². The minimum Gasteiger partial charge on any atom is -0.506 e. The van der Waals surface area contributed by atoms with Crippen molar-refractivity contribution in [2.24, 2.45) is 0 Å². The standard InChI is InChI=1S/C14H20N2O4/c1-4-5-9(2)16(3)14(20)15-11-7-6-10(13(18)19)8-12(11)17/h6-9,17H,4-5H2,1-3H3,(H,15,20)(H,18,19). The van der Waals surface area contributed by atoms with E-state index in [9.17, 15) is 14.7 Å². The van der Waals surface area contributed by atoms with Crippen molar-refractivity contribution in [2.75, 3.05) is 12.4 Å². The molecule has 110 valence electrons. The van der Waals surface area contributed by atoms with Crippen molar-refractivity contribution in [3.63, 3.8) is 0 Å². The Bertz CT molecular complexity index is 502. The monoisotopic (exact) mass is 280 g/mol. The number of hydrogen-bond donors (Lipinski definition) is 3. The smallest absolute Gasteiger partial charge is 0.335 e. The summed E-state index contributed by atoms with van der Waals surface area (Å²) in [5.41, 5.74) is 0.156. The summed E-state index contributed by atoms with van der Waals surface area (Å²) < 4.78 is 0. The number of phenolic OH excluding ortho intramolecular Hbond substituents is 1. The van der Waals surface area contributed by atoms with E-state index in [1.165, 1.54) is 12.1 Å². The second-order valence-electron chi connectivity index (χ2n) is 4.72. The maximum absolute atomic E-state index is 12.0. The van der Waals surface area contributed by atoms with Crippen LogP contribution in [0.15, 0.2) is 18.2 Å². The first-order chi connectivity index (χ1) is 9.36. The number of amides is 2. The molecule has 0 aliphatic carbocycles. The summed E-state index contributed by atoms with van der Waals surface area (Å²) >= 11 is 0. The van der Waals surface area contributed by atoms with Gasteiger partial charge >= 0.3 is 12.0 Å². The Kier molecular flexibility index (Phi) is 5.37. The molecule has 1 rings (SSSR count). The molecule has 6 nitrogen and oxygen atoms in total. The number of carbonyl (C=O) groups is 2. The second kappa shape index (κ2) is 6.79. The molecule has 1 aromatic rings. The fraction of sp³-hybridized carbons (Fsp3) is 0.429. The average Bonchev–Trinajstić information content (AvgIpc) is 2.40. The number of carbonyl (C=O) groups excluding carboxylic acids is 1. The lowest BCUT2D eigenvalue weighted by molar-refractivity contribution is 0.0696. The lowest BCUT2D eigenvalue weighted by atomic mass is 10.2. The molecule has 0 saturated carbocycles. The minimum atomic E-state index is -1.13. The van der Waals surface area contributed by atoms with E-state index in [4.69, 9.17) is 5.11 Å². The van der Waals surface area contributed by atoms with Gasteiger partial charge in [0.05, 0.1) is 11.3 Å². The summed E-state index contributed by atoms with van der Waals surface area (Å²) in [5.74, 6) is -1.40. The molecule has 0 aliphatic rings. The lowest BCUT2D eigenvalue weighted by Crippen LogP contribution is -2.38. The van der Waals surface area contributed by atoms with Crippen LogP contribution in [-0.2, 0) is 0 Å². The number of nitrogens with one attached hydrogen (secondary N) is 1. The number of carboxylic acid groups (broad SMARTS) is 1. The van der Waals surface area contributed by atoms with E-state index in [1.807, 2.05) is 13.8 Å². The van der Waals surface area contributed by atoms with Crippen LogP contribution in [0.4, 0.5) is 10.5 Å². The molecule has 3 N–H and O–H groups in total. The van der Waals surface area contributed by atoms with Crippen LogP contribution >= 0.6 is 0 Å². The molecule has 0 aliphatic heterocycles. The van der Waals surface area contributed by atoms with Gasteiger partial charge in [0.15, 0.2) is 0 Å². The molecule has 1 unspecified atom stereocenters. The number of phenols is 1. The average molecular weight is 280 g/mol. The zero-order chi connectivity index (χ0) is 15.3. The number of aromatic carboxylic acids is 1. The molecule has 0 radical (unpaired) electrons. The van der Waals surface area contributed by atoms with Crippen LogP contribution in [0.5, 0.6) is 5.75 Å². The molecular weight excluding hydrogens is 260 g/mol. The van der Waals surface area contributed by atoms with E-state index in [-0.39, 0.29) is 29.1 Å². The highest BCUT2D eigenvalue weighted by Gasteiger charge is 2.16. The fourth-order valence-electron chi connectivity index (χ4n) is 1.79. The maximum Gasteiger partial charge on any atom is 0.335 e. The Morgan fingerprint density at radius 1 is 1.40 bits per heavy atom. The first-order valence-corrected chi connectivity index (χ1v) is 6.47. The number of rotatable bonds is 5. The normalized spacial score (nSPS) is 11.8. The Hall–Kier alpha value is -2.24. The summed E-state index contributed by atoms with van der Waals surface area (Å²) in [6.07, 6.45) is 1.85. The zero-order valence-corrected chi connectivity index (χ0v) is 11.9. The molecule has 0 bridgehead atoms. The number of carboxylic acids is 1. The first kappa shape index (κ1) is 15.8. The minimum absolute atomic E-state index is 0.0341. The molecular formula is C14H20N2O4. The highest BCUT2D eigenvalue weighted by atomic mass is 16.4. The van der Waals surface area contributed by atoms with Gasteiger partial charge in [-0.25, -0.2) is 9.59 Å². The van der Waals surface area contributed by atoms with E-state index in [0.29, 0.717) is 0 Å². The third-order valence-corrected chi connectivity index (χ3v) is 3.17. The highest BCUT2D eigenvalue weighted by molar-refractivity contribution is 5.93. The van der Waals surface area contributed by atoms with Crippen molar-refractivity contribution in [1.29, 1.82) is 0 Å². The van der Waals surface area contributed by atoms with Crippen molar-refractivity contribution >= 4 is 17.7 Å². The molecule has 0 heterocycles. The van der Waals surface area contributed by atoms with Crippen LogP contribution in [0.3, 0.4) is 0 Å². The molecule has 20 heavy (non-hydrogen) atoms. The predicted octanol–water partition coefficient (Wildman–Crippen LogP) is 2.74. The molecule has 6 heteroatoms. The van der Waals surface area contributed by atoms with Gasteiger partial charge in [0, 0.05) is 13.1 Å². The van der Waals surface area contributed by atoms with Gasteiger partial charge in [0.2, 0.25) is 0 Å². The van der Waals surface area contributed by atoms with Gasteiger partial charge in [-0.1, -0.05) is 13.3 Å². The van der Waals surface area contributed by atoms with Crippen molar-refractivity contribution in [3.05, 3.63) is 23.8 Å². The number of benzene rings is 1.